The lowest BCUT2D eigenvalue weighted by Gasteiger charge is -2.13. The summed E-state index contributed by atoms with van der Waals surface area (Å²) in [5.41, 5.74) is 1.78. The first-order chi connectivity index (χ1) is 10.3. The van der Waals surface area contributed by atoms with Gasteiger partial charge in [0.25, 0.3) is 0 Å². The number of esters is 1. The van der Waals surface area contributed by atoms with Crippen LogP contribution in [0.1, 0.15) is 21.5 Å². The van der Waals surface area contributed by atoms with E-state index in [9.17, 15) is 4.79 Å². The van der Waals surface area contributed by atoms with Gasteiger partial charge in [-0.2, -0.15) is 5.26 Å². The fraction of sp³-hybridized carbons (Fsp3) is 0.0588. The first kappa shape index (κ1) is 12.9. The zero-order valence-electron chi connectivity index (χ0n) is 11.1. The van der Waals surface area contributed by atoms with Crippen LogP contribution < -0.4 is 9.47 Å². The highest BCUT2D eigenvalue weighted by Crippen LogP contribution is 2.28. The van der Waals surface area contributed by atoms with Crippen molar-refractivity contribution in [3.63, 3.8) is 0 Å². The van der Waals surface area contributed by atoms with Crippen LogP contribution in [0.3, 0.4) is 0 Å². The fourth-order valence-electron chi connectivity index (χ4n) is 2.01. The van der Waals surface area contributed by atoms with Crippen LogP contribution in [0.5, 0.6) is 11.5 Å². The number of nitrogens with zero attached hydrogens (tertiary/aromatic N) is 1. The Hall–Kier alpha value is -3.06. The fourth-order valence-corrected chi connectivity index (χ4v) is 2.01. The summed E-state index contributed by atoms with van der Waals surface area (Å²) in [6, 6.07) is 13.5. The summed E-state index contributed by atoms with van der Waals surface area (Å²) in [5.74, 6) is 0.772. The minimum atomic E-state index is -0.458. The molecule has 2 aromatic rings. The SMILES string of the molecule is N#Cc1ccc(C(=O)Oc2ccc3c(c2)C=CCO3)cc1. The maximum Gasteiger partial charge on any atom is 0.343 e. The zero-order chi connectivity index (χ0) is 14.7. The predicted octanol–water partition coefficient (Wildman–Crippen LogP) is 3.18. The Labute approximate surface area is 121 Å². The molecule has 0 radical (unpaired) electrons. The van der Waals surface area contributed by atoms with Gasteiger partial charge in [-0.1, -0.05) is 6.08 Å². The topological polar surface area (TPSA) is 59.3 Å². The van der Waals surface area contributed by atoms with E-state index in [0.29, 0.717) is 23.5 Å². The van der Waals surface area contributed by atoms with Gasteiger partial charge in [0.05, 0.1) is 17.2 Å². The van der Waals surface area contributed by atoms with E-state index >= 15 is 0 Å². The lowest BCUT2D eigenvalue weighted by Crippen LogP contribution is -2.09. The molecule has 2 aromatic carbocycles. The number of hydrogen-bond donors (Lipinski definition) is 0. The minimum Gasteiger partial charge on any atom is -0.489 e. The molecule has 21 heavy (non-hydrogen) atoms. The van der Waals surface area contributed by atoms with E-state index in [0.717, 1.165) is 11.3 Å². The number of nitriles is 1. The van der Waals surface area contributed by atoms with E-state index in [1.807, 2.05) is 18.2 Å². The minimum absolute atomic E-state index is 0.401. The van der Waals surface area contributed by atoms with Crippen molar-refractivity contribution in [3.8, 4) is 17.6 Å². The average molecular weight is 277 g/mol. The van der Waals surface area contributed by atoms with Crippen molar-refractivity contribution in [1.82, 2.24) is 0 Å². The molecule has 1 aliphatic rings. The molecule has 0 spiro atoms. The molecule has 1 heterocycles. The summed E-state index contributed by atoms with van der Waals surface area (Å²) in [5, 5.41) is 8.73. The van der Waals surface area contributed by atoms with Crippen molar-refractivity contribution in [2.45, 2.75) is 0 Å². The molecule has 102 valence electrons. The number of rotatable bonds is 2. The van der Waals surface area contributed by atoms with Crippen LogP contribution in [0, 0.1) is 11.3 Å². The third kappa shape index (κ3) is 2.77. The summed E-state index contributed by atoms with van der Waals surface area (Å²) in [7, 11) is 0. The molecule has 0 unspecified atom stereocenters. The van der Waals surface area contributed by atoms with Gasteiger partial charge >= 0.3 is 5.97 Å². The van der Waals surface area contributed by atoms with E-state index < -0.39 is 5.97 Å². The van der Waals surface area contributed by atoms with Crippen molar-refractivity contribution >= 4 is 12.0 Å². The van der Waals surface area contributed by atoms with Crippen LogP contribution >= 0.6 is 0 Å². The standard InChI is InChI=1S/C17H11NO3/c18-11-12-3-5-13(6-4-12)17(19)21-15-7-8-16-14(10-15)2-1-9-20-16/h1-8,10H,9H2. The summed E-state index contributed by atoms with van der Waals surface area (Å²) in [6.07, 6.45) is 3.83. The molecule has 1 aliphatic heterocycles. The maximum absolute atomic E-state index is 12.0. The lowest BCUT2D eigenvalue weighted by molar-refractivity contribution is 0.0734. The molecule has 3 rings (SSSR count). The normalized spacial score (nSPS) is 12.0. The third-order valence-corrected chi connectivity index (χ3v) is 3.07. The Morgan fingerprint density at radius 2 is 2.00 bits per heavy atom. The number of hydrogen-bond acceptors (Lipinski definition) is 4. The van der Waals surface area contributed by atoms with Crippen molar-refractivity contribution in [3.05, 3.63) is 65.2 Å². The molecule has 0 bridgehead atoms. The maximum atomic E-state index is 12.0. The molecule has 4 heteroatoms. The number of fused-ring (bicyclic) bond motifs is 1. The molecule has 0 N–H and O–H groups in total. The highest BCUT2D eigenvalue weighted by molar-refractivity contribution is 5.91. The number of benzene rings is 2. The molecule has 0 saturated carbocycles. The second kappa shape index (κ2) is 5.51. The summed E-state index contributed by atoms with van der Waals surface area (Å²) in [4.78, 5) is 12.0. The first-order valence-corrected chi connectivity index (χ1v) is 6.42. The van der Waals surface area contributed by atoms with Gasteiger partial charge in [-0.25, -0.2) is 4.79 Å². The Morgan fingerprint density at radius 1 is 1.19 bits per heavy atom. The van der Waals surface area contributed by atoms with E-state index in [2.05, 4.69) is 0 Å². The Balaban J connectivity index is 1.78. The molecule has 0 aliphatic carbocycles. The summed E-state index contributed by atoms with van der Waals surface area (Å²) < 4.78 is 10.8. The highest BCUT2D eigenvalue weighted by atomic mass is 16.5. The van der Waals surface area contributed by atoms with E-state index in [4.69, 9.17) is 14.7 Å². The van der Waals surface area contributed by atoms with Gasteiger partial charge < -0.3 is 9.47 Å². The van der Waals surface area contributed by atoms with Crippen molar-refractivity contribution in [2.75, 3.05) is 6.61 Å². The second-order valence-corrected chi connectivity index (χ2v) is 4.49. The van der Waals surface area contributed by atoms with Crippen LogP contribution in [0.15, 0.2) is 48.5 Å². The summed E-state index contributed by atoms with van der Waals surface area (Å²) >= 11 is 0. The molecular formula is C17H11NO3. The lowest BCUT2D eigenvalue weighted by atomic mass is 10.1. The van der Waals surface area contributed by atoms with Gasteiger partial charge in [0.15, 0.2) is 0 Å². The van der Waals surface area contributed by atoms with Gasteiger partial charge in [-0.15, -0.1) is 0 Å². The Bertz CT molecular complexity index is 755. The molecular weight excluding hydrogens is 266 g/mol. The first-order valence-electron chi connectivity index (χ1n) is 6.42. The van der Waals surface area contributed by atoms with Crippen molar-refractivity contribution in [2.24, 2.45) is 0 Å². The van der Waals surface area contributed by atoms with Gasteiger partial charge in [0.1, 0.15) is 18.1 Å². The van der Waals surface area contributed by atoms with Gasteiger partial charge in [-0.05, 0) is 48.5 Å². The van der Waals surface area contributed by atoms with Crippen LogP contribution in [0.4, 0.5) is 0 Å². The van der Waals surface area contributed by atoms with Crippen molar-refractivity contribution < 1.29 is 14.3 Å². The average Bonchev–Trinajstić information content (AvgIpc) is 2.55. The van der Waals surface area contributed by atoms with Crippen LogP contribution in [-0.4, -0.2) is 12.6 Å². The molecule has 0 amide bonds. The Morgan fingerprint density at radius 3 is 2.76 bits per heavy atom. The van der Waals surface area contributed by atoms with Gasteiger partial charge in [0, 0.05) is 5.56 Å². The number of ether oxygens (including phenoxy) is 2. The molecule has 0 fully saturated rings. The predicted molar refractivity (Wildman–Crippen MR) is 77.1 cm³/mol. The molecule has 0 saturated heterocycles. The van der Waals surface area contributed by atoms with Crippen LogP contribution in [0.2, 0.25) is 0 Å². The molecule has 0 atom stereocenters. The summed E-state index contributed by atoms with van der Waals surface area (Å²) in [6.45, 7) is 0.553. The van der Waals surface area contributed by atoms with Crippen LogP contribution in [-0.2, 0) is 0 Å². The van der Waals surface area contributed by atoms with Crippen molar-refractivity contribution in [1.29, 1.82) is 5.26 Å². The highest BCUT2D eigenvalue weighted by Gasteiger charge is 2.11. The molecule has 0 aromatic heterocycles. The monoisotopic (exact) mass is 277 g/mol. The number of carbonyl (C=O) groups excluding carboxylic acids is 1. The van der Waals surface area contributed by atoms with Gasteiger partial charge in [0.2, 0.25) is 0 Å². The van der Waals surface area contributed by atoms with Crippen LogP contribution in [0.25, 0.3) is 6.08 Å². The van der Waals surface area contributed by atoms with E-state index in [-0.39, 0.29) is 0 Å². The zero-order valence-corrected chi connectivity index (χ0v) is 11.1. The third-order valence-electron chi connectivity index (χ3n) is 3.07. The quantitative estimate of drug-likeness (QED) is 0.625. The smallest absolute Gasteiger partial charge is 0.343 e. The number of carbonyl (C=O) groups is 1. The Kier molecular flexibility index (Phi) is 3.40. The van der Waals surface area contributed by atoms with E-state index in [1.54, 1.807) is 42.5 Å². The second-order valence-electron chi connectivity index (χ2n) is 4.49. The van der Waals surface area contributed by atoms with Gasteiger partial charge in [-0.3, -0.25) is 0 Å². The van der Waals surface area contributed by atoms with E-state index in [1.165, 1.54) is 0 Å². The largest absolute Gasteiger partial charge is 0.489 e. The molecule has 4 nitrogen and oxygen atoms in total.